The van der Waals surface area contributed by atoms with Crippen molar-refractivity contribution in [2.24, 2.45) is 0 Å². The van der Waals surface area contributed by atoms with E-state index in [1.165, 1.54) is 0 Å². The van der Waals surface area contributed by atoms with Crippen molar-refractivity contribution in [2.45, 2.75) is 40.5 Å². The van der Waals surface area contributed by atoms with Crippen LogP contribution < -0.4 is 0 Å². The van der Waals surface area contributed by atoms with Crippen molar-refractivity contribution < 1.29 is 4.79 Å². The van der Waals surface area contributed by atoms with Gasteiger partial charge in [0.2, 0.25) is 5.91 Å². The van der Waals surface area contributed by atoms with Gasteiger partial charge in [-0.05, 0) is 40.2 Å². The van der Waals surface area contributed by atoms with Gasteiger partial charge < -0.3 is 4.90 Å². The highest BCUT2D eigenvalue weighted by molar-refractivity contribution is 6.30. The second-order valence-electron chi connectivity index (χ2n) is 6.44. The molecule has 1 amide bonds. The maximum atomic E-state index is 12.6. The molecular weight excluding hydrogens is 338 g/mol. The lowest BCUT2D eigenvalue weighted by Gasteiger charge is -2.25. The Morgan fingerprint density at radius 3 is 2.52 bits per heavy atom. The van der Waals surface area contributed by atoms with Crippen molar-refractivity contribution in [1.82, 2.24) is 24.6 Å². The number of carbonyl (C=O) groups excluding carboxylic acids is 1. The Morgan fingerprint density at radius 2 is 1.88 bits per heavy atom. The molecule has 0 aromatic carbocycles. The van der Waals surface area contributed by atoms with Gasteiger partial charge in [-0.25, -0.2) is 14.6 Å². The van der Waals surface area contributed by atoms with Crippen LogP contribution in [0.3, 0.4) is 0 Å². The Balaban J connectivity index is 1.87. The summed E-state index contributed by atoms with van der Waals surface area (Å²) in [4.78, 5) is 23.4. The molecule has 0 N–H and O–H groups in total. The molecule has 6 nitrogen and oxygen atoms in total. The van der Waals surface area contributed by atoms with Crippen molar-refractivity contribution in [3.05, 3.63) is 45.5 Å². The summed E-state index contributed by atoms with van der Waals surface area (Å²) < 4.78 is 1.72. The Morgan fingerprint density at radius 1 is 1.20 bits per heavy atom. The zero-order chi connectivity index (χ0) is 18.1. The van der Waals surface area contributed by atoms with Crippen molar-refractivity contribution in [3.63, 3.8) is 0 Å². The van der Waals surface area contributed by atoms with Gasteiger partial charge in [-0.2, -0.15) is 5.10 Å². The summed E-state index contributed by atoms with van der Waals surface area (Å²) in [6, 6.07) is 1.92. The highest BCUT2D eigenvalue weighted by Crippen LogP contribution is 2.20. The lowest BCUT2D eigenvalue weighted by atomic mass is 10.1. The maximum absolute atomic E-state index is 12.6. The van der Waals surface area contributed by atoms with Crippen molar-refractivity contribution in [3.8, 4) is 5.95 Å². The fourth-order valence-corrected chi connectivity index (χ4v) is 3.36. The summed E-state index contributed by atoms with van der Waals surface area (Å²) in [7, 11) is 0. The number of amides is 1. The molecule has 0 atom stereocenters. The van der Waals surface area contributed by atoms with Gasteiger partial charge in [0.15, 0.2) is 0 Å². The zero-order valence-electron chi connectivity index (χ0n) is 15.0. The van der Waals surface area contributed by atoms with E-state index in [4.69, 9.17) is 11.6 Å². The smallest absolute Gasteiger partial charge is 0.251 e. The summed E-state index contributed by atoms with van der Waals surface area (Å²) in [6.45, 7) is 8.93. The van der Waals surface area contributed by atoms with E-state index in [9.17, 15) is 4.79 Å². The molecule has 7 heteroatoms. The van der Waals surface area contributed by atoms with Gasteiger partial charge in [-0.15, -0.1) is 0 Å². The van der Waals surface area contributed by atoms with Crippen molar-refractivity contribution in [1.29, 1.82) is 0 Å². The van der Waals surface area contributed by atoms with Crippen LogP contribution in [0.25, 0.3) is 5.95 Å². The molecule has 0 fully saturated rings. The number of carbonyl (C=O) groups is 1. The van der Waals surface area contributed by atoms with Crippen LogP contribution in [0, 0.1) is 27.7 Å². The highest BCUT2D eigenvalue weighted by Gasteiger charge is 2.22. The molecule has 0 aliphatic carbocycles. The molecule has 0 saturated heterocycles. The van der Waals surface area contributed by atoms with E-state index in [0.29, 0.717) is 25.5 Å². The Labute approximate surface area is 152 Å². The zero-order valence-corrected chi connectivity index (χ0v) is 15.8. The number of halogens is 1. The molecule has 0 unspecified atom stereocenters. The first kappa shape index (κ1) is 17.6. The third kappa shape index (κ3) is 3.74. The predicted molar refractivity (Wildman–Crippen MR) is 96.9 cm³/mol. The predicted octanol–water partition coefficient (Wildman–Crippen LogP) is 2.79. The van der Waals surface area contributed by atoms with E-state index in [1.54, 1.807) is 9.58 Å². The second kappa shape index (κ2) is 6.96. The van der Waals surface area contributed by atoms with Crippen molar-refractivity contribution in [2.75, 3.05) is 13.1 Å². The van der Waals surface area contributed by atoms with E-state index in [-0.39, 0.29) is 5.91 Å². The van der Waals surface area contributed by atoms with Crippen LogP contribution in [0.4, 0.5) is 0 Å². The fraction of sp³-hybridized carbons (Fsp3) is 0.444. The van der Waals surface area contributed by atoms with E-state index in [0.717, 1.165) is 39.8 Å². The Hall–Kier alpha value is -2.21. The second-order valence-corrected chi connectivity index (χ2v) is 6.93. The average molecular weight is 360 g/mol. The van der Waals surface area contributed by atoms with Crippen LogP contribution in [-0.2, 0) is 11.2 Å². The number of rotatable bonds is 3. The summed E-state index contributed by atoms with van der Waals surface area (Å²) in [5, 5.41) is 5.29. The summed E-state index contributed by atoms with van der Waals surface area (Å²) in [5.41, 5.74) is 4.44. The first-order chi connectivity index (χ1) is 11.8. The molecule has 0 radical (unpaired) electrons. The van der Waals surface area contributed by atoms with Crippen LogP contribution in [0.5, 0.6) is 0 Å². The fourth-order valence-electron chi connectivity index (χ4n) is 3.11. The summed E-state index contributed by atoms with van der Waals surface area (Å²) >= 11 is 6.07. The minimum absolute atomic E-state index is 0.0679. The molecule has 1 aliphatic rings. The van der Waals surface area contributed by atoms with Gasteiger partial charge in [0.05, 0.1) is 18.7 Å². The monoisotopic (exact) mass is 359 g/mol. The standard InChI is InChI=1S/C18H22ClN5O/c1-11-8-12(2)21-18(20-11)24-14(4)16(13(3)22-24)9-17(25)23-7-5-6-15(19)10-23/h6,8H,5,7,9-10H2,1-4H3. The molecule has 2 aromatic heterocycles. The van der Waals surface area contributed by atoms with Crippen LogP contribution >= 0.6 is 11.6 Å². The molecule has 1 aliphatic heterocycles. The number of hydrogen-bond donors (Lipinski definition) is 0. The molecule has 0 bridgehead atoms. The molecular formula is C18H22ClN5O. The van der Waals surface area contributed by atoms with Gasteiger partial charge in [0.1, 0.15) is 0 Å². The Kier molecular flexibility index (Phi) is 4.90. The van der Waals surface area contributed by atoms with Gasteiger partial charge in [0, 0.05) is 34.2 Å². The van der Waals surface area contributed by atoms with Gasteiger partial charge in [-0.1, -0.05) is 17.7 Å². The summed E-state index contributed by atoms with van der Waals surface area (Å²) in [6.07, 6.45) is 3.09. The average Bonchev–Trinajstić information content (AvgIpc) is 2.82. The van der Waals surface area contributed by atoms with Crippen LogP contribution in [0.1, 0.15) is 34.8 Å². The largest absolute Gasteiger partial charge is 0.337 e. The van der Waals surface area contributed by atoms with Crippen LogP contribution in [0.2, 0.25) is 0 Å². The quantitative estimate of drug-likeness (QED) is 0.845. The normalized spacial score (nSPS) is 14.6. The molecule has 3 rings (SSSR count). The molecule has 2 aromatic rings. The number of hydrogen-bond acceptors (Lipinski definition) is 4. The maximum Gasteiger partial charge on any atom is 0.251 e. The number of nitrogens with zero attached hydrogens (tertiary/aromatic N) is 5. The third-order valence-electron chi connectivity index (χ3n) is 4.39. The minimum Gasteiger partial charge on any atom is -0.337 e. The van der Waals surface area contributed by atoms with E-state index < -0.39 is 0 Å². The van der Waals surface area contributed by atoms with E-state index in [2.05, 4.69) is 15.1 Å². The first-order valence-electron chi connectivity index (χ1n) is 8.35. The van der Waals surface area contributed by atoms with E-state index in [1.807, 2.05) is 39.8 Å². The summed E-state index contributed by atoms with van der Waals surface area (Å²) in [5.74, 6) is 0.610. The van der Waals surface area contributed by atoms with Gasteiger partial charge in [0.25, 0.3) is 5.95 Å². The van der Waals surface area contributed by atoms with E-state index >= 15 is 0 Å². The van der Waals surface area contributed by atoms with Gasteiger partial charge >= 0.3 is 0 Å². The number of aryl methyl sites for hydroxylation is 3. The molecule has 3 heterocycles. The highest BCUT2D eigenvalue weighted by atomic mass is 35.5. The number of aromatic nitrogens is 4. The van der Waals surface area contributed by atoms with Crippen molar-refractivity contribution >= 4 is 17.5 Å². The Bertz CT molecular complexity index is 835. The first-order valence-corrected chi connectivity index (χ1v) is 8.73. The molecule has 132 valence electrons. The molecule has 0 spiro atoms. The molecule has 0 saturated carbocycles. The topological polar surface area (TPSA) is 63.9 Å². The van der Waals surface area contributed by atoms with Crippen LogP contribution in [0.15, 0.2) is 17.2 Å². The third-order valence-corrected chi connectivity index (χ3v) is 4.66. The SMILES string of the molecule is Cc1cc(C)nc(-n2nc(C)c(CC(=O)N3CCC=C(Cl)C3)c2C)n1. The lowest BCUT2D eigenvalue weighted by Crippen LogP contribution is -2.36. The minimum atomic E-state index is 0.0679. The lowest BCUT2D eigenvalue weighted by molar-refractivity contribution is -0.130. The van der Waals surface area contributed by atoms with Gasteiger partial charge in [-0.3, -0.25) is 4.79 Å². The van der Waals surface area contributed by atoms with Crippen LogP contribution in [-0.4, -0.2) is 43.6 Å². The molecule has 25 heavy (non-hydrogen) atoms.